The molecular formula is C12H18N2O3. The number of carboxylic acid groups (broad SMARTS) is 1. The molecule has 1 aliphatic heterocycles. The van der Waals surface area contributed by atoms with Gasteiger partial charge >= 0.3 is 5.97 Å². The third kappa shape index (κ3) is 2.34. The number of aryl methyl sites for hydroxylation is 1. The number of rotatable bonds is 3. The monoisotopic (exact) mass is 238 g/mol. The smallest absolute Gasteiger partial charge is 0.356 e. The first-order chi connectivity index (χ1) is 7.99. The summed E-state index contributed by atoms with van der Waals surface area (Å²) in [5.74, 6) is -0.181. The van der Waals surface area contributed by atoms with Gasteiger partial charge in [0.05, 0.1) is 24.4 Å². The van der Waals surface area contributed by atoms with E-state index in [1.807, 2.05) is 25.3 Å². The van der Waals surface area contributed by atoms with Gasteiger partial charge in [0.1, 0.15) is 5.82 Å². The molecule has 1 aromatic rings. The van der Waals surface area contributed by atoms with Crippen LogP contribution >= 0.6 is 0 Å². The number of imidazole rings is 1. The number of ether oxygens (including phenoxy) is 1. The number of aromatic nitrogens is 2. The van der Waals surface area contributed by atoms with Gasteiger partial charge in [0, 0.05) is 0 Å². The predicted molar refractivity (Wildman–Crippen MR) is 62.3 cm³/mol. The molecular weight excluding hydrogens is 220 g/mol. The average molecular weight is 238 g/mol. The highest BCUT2D eigenvalue weighted by Gasteiger charge is 2.27. The summed E-state index contributed by atoms with van der Waals surface area (Å²) in [6, 6.07) is 0. The highest BCUT2D eigenvalue weighted by atomic mass is 16.5. The molecule has 2 rings (SSSR count). The highest BCUT2D eigenvalue weighted by Crippen LogP contribution is 2.23. The summed E-state index contributed by atoms with van der Waals surface area (Å²) in [7, 11) is 0. The Morgan fingerprint density at radius 1 is 1.59 bits per heavy atom. The fraction of sp³-hybridized carbons (Fsp3) is 0.667. The van der Waals surface area contributed by atoms with Crippen LogP contribution < -0.4 is 0 Å². The summed E-state index contributed by atoms with van der Waals surface area (Å²) in [5.41, 5.74) is 1.03. The van der Waals surface area contributed by atoms with Crippen LogP contribution in [0.2, 0.25) is 0 Å². The van der Waals surface area contributed by atoms with Crippen molar-refractivity contribution in [1.82, 2.24) is 9.55 Å². The topological polar surface area (TPSA) is 64.3 Å². The van der Waals surface area contributed by atoms with E-state index in [9.17, 15) is 4.79 Å². The minimum atomic E-state index is -0.940. The molecule has 1 N–H and O–H groups in total. The first kappa shape index (κ1) is 12.1. The zero-order valence-corrected chi connectivity index (χ0v) is 10.4. The standard InChI is InChI=1S/C12H18N2O3/c1-7(2)17-9-4-5-10-11(12(15)16)13-8(3)14(10)6-9/h7,9H,4-6H2,1-3H3,(H,15,16). The van der Waals surface area contributed by atoms with Gasteiger partial charge in [0.15, 0.2) is 5.69 Å². The van der Waals surface area contributed by atoms with Crippen molar-refractivity contribution in [2.24, 2.45) is 0 Å². The molecule has 0 aromatic carbocycles. The van der Waals surface area contributed by atoms with Gasteiger partial charge in [0.25, 0.3) is 0 Å². The minimum Gasteiger partial charge on any atom is -0.476 e. The van der Waals surface area contributed by atoms with E-state index in [1.54, 1.807) is 0 Å². The molecule has 0 bridgehead atoms. The average Bonchev–Trinajstić information content (AvgIpc) is 2.55. The van der Waals surface area contributed by atoms with E-state index >= 15 is 0 Å². The summed E-state index contributed by atoms with van der Waals surface area (Å²) in [6.45, 7) is 6.57. The van der Waals surface area contributed by atoms with E-state index in [1.165, 1.54) is 0 Å². The Balaban J connectivity index is 2.24. The van der Waals surface area contributed by atoms with E-state index in [0.717, 1.165) is 24.4 Å². The first-order valence-electron chi connectivity index (χ1n) is 5.93. The van der Waals surface area contributed by atoms with E-state index < -0.39 is 5.97 Å². The number of carbonyl (C=O) groups is 1. The number of nitrogens with zero attached hydrogens (tertiary/aromatic N) is 2. The van der Waals surface area contributed by atoms with Crippen molar-refractivity contribution < 1.29 is 14.6 Å². The zero-order chi connectivity index (χ0) is 12.6. The number of hydrogen-bond acceptors (Lipinski definition) is 3. The van der Waals surface area contributed by atoms with Gasteiger partial charge < -0.3 is 14.4 Å². The Morgan fingerprint density at radius 3 is 2.88 bits per heavy atom. The van der Waals surface area contributed by atoms with Crippen LogP contribution in [0.4, 0.5) is 0 Å². The SMILES string of the molecule is Cc1nc(C(=O)O)c2n1CC(OC(C)C)CC2. The summed E-state index contributed by atoms with van der Waals surface area (Å²) in [5, 5.41) is 9.06. The van der Waals surface area contributed by atoms with Crippen molar-refractivity contribution in [1.29, 1.82) is 0 Å². The van der Waals surface area contributed by atoms with Gasteiger partial charge in [-0.15, -0.1) is 0 Å². The normalized spacial score (nSPS) is 19.4. The zero-order valence-electron chi connectivity index (χ0n) is 10.4. The lowest BCUT2D eigenvalue weighted by molar-refractivity contribution is -0.0124. The molecule has 0 amide bonds. The van der Waals surface area contributed by atoms with Gasteiger partial charge in [-0.2, -0.15) is 0 Å². The van der Waals surface area contributed by atoms with Crippen LogP contribution in [0, 0.1) is 6.92 Å². The molecule has 2 heterocycles. The van der Waals surface area contributed by atoms with Crippen molar-refractivity contribution in [2.75, 3.05) is 0 Å². The lowest BCUT2D eigenvalue weighted by Gasteiger charge is -2.27. The van der Waals surface area contributed by atoms with Crippen LogP contribution in [0.5, 0.6) is 0 Å². The van der Waals surface area contributed by atoms with Crippen LogP contribution in [0.25, 0.3) is 0 Å². The van der Waals surface area contributed by atoms with Crippen LogP contribution in [0.15, 0.2) is 0 Å². The van der Waals surface area contributed by atoms with E-state index in [2.05, 4.69) is 4.98 Å². The molecule has 0 radical (unpaired) electrons. The van der Waals surface area contributed by atoms with Crippen molar-refractivity contribution in [3.8, 4) is 0 Å². The molecule has 17 heavy (non-hydrogen) atoms. The van der Waals surface area contributed by atoms with Crippen LogP contribution in [-0.4, -0.2) is 32.8 Å². The lowest BCUT2D eigenvalue weighted by atomic mass is 10.1. The molecule has 0 fully saturated rings. The van der Waals surface area contributed by atoms with Crippen molar-refractivity contribution in [2.45, 2.75) is 52.4 Å². The third-order valence-electron chi connectivity index (χ3n) is 3.02. The minimum absolute atomic E-state index is 0.164. The molecule has 0 saturated heterocycles. The molecule has 5 heteroatoms. The summed E-state index contributed by atoms with van der Waals surface area (Å²) < 4.78 is 7.75. The second-order valence-corrected chi connectivity index (χ2v) is 4.72. The third-order valence-corrected chi connectivity index (χ3v) is 3.02. The highest BCUT2D eigenvalue weighted by molar-refractivity contribution is 5.86. The quantitative estimate of drug-likeness (QED) is 0.869. The van der Waals surface area contributed by atoms with Crippen molar-refractivity contribution in [3.63, 3.8) is 0 Å². The predicted octanol–water partition coefficient (Wildman–Crippen LogP) is 1.63. The van der Waals surface area contributed by atoms with Gasteiger partial charge in [0.2, 0.25) is 0 Å². The maximum atomic E-state index is 11.0. The first-order valence-corrected chi connectivity index (χ1v) is 5.93. The van der Waals surface area contributed by atoms with Gasteiger partial charge in [-0.05, 0) is 33.6 Å². The molecule has 0 spiro atoms. The molecule has 0 saturated carbocycles. The van der Waals surface area contributed by atoms with Crippen LogP contribution in [0.1, 0.15) is 42.3 Å². The van der Waals surface area contributed by atoms with E-state index in [-0.39, 0.29) is 17.9 Å². The Hall–Kier alpha value is -1.36. The summed E-state index contributed by atoms with van der Waals surface area (Å²) in [4.78, 5) is 15.2. The fourth-order valence-electron chi connectivity index (χ4n) is 2.37. The summed E-state index contributed by atoms with van der Waals surface area (Å²) in [6.07, 6.45) is 1.95. The second-order valence-electron chi connectivity index (χ2n) is 4.72. The largest absolute Gasteiger partial charge is 0.476 e. The number of fused-ring (bicyclic) bond motifs is 1. The van der Waals surface area contributed by atoms with Gasteiger partial charge in [-0.3, -0.25) is 0 Å². The maximum Gasteiger partial charge on any atom is 0.356 e. The number of hydrogen-bond donors (Lipinski definition) is 1. The van der Waals surface area contributed by atoms with Crippen molar-refractivity contribution in [3.05, 3.63) is 17.2 Å². The molecule has 5 nitrogen and oxygen atoms in total. The molecule has 1 atom stereocenters. The molecule has 1 aromatic heterocycles. The van der Waals surface area contributed by atoms with Crippen LogP contribution in [0.3, 0.4) is 0 Å². The summed E-state index contributed by atoms with van der Waals surface area (Å²) >= 11 is 0. The Morgan fingerprint density at radius 2 is 2.29 bits per heavy atom. The lowest BCUT2D eigenvalue weighted by Crippen LogP contribution is -2.30. The van der Waals surface area contributed by atoms with Gasteiger partial charge in [-0.25, -0.2) is 9.78 Å². The number of carboxylic acids is 1. The molecule has 0 aliphatic carbocycles. The molecule has 1 aliphatic rings. The Kier molecular flexibility index (Phi) is 3.19. The van der Waals surface area contributed by atoms with Crippen molar-refractivity contribution >= 4 is 5.97 Å². The Labute approximate surface area is 100 Å². The van der Waals surface area contributed by atoms with Crippen LogP contribution in [-0.2, 0) is 17.7 Å². The van der Waals surface area contributed by atoms with E-state index in [0.29, 0.717) is 6.54 Å². The molecule has 1 unspecified atom stereocenters. The second kappa shape index (κ2) is 4.49. The van der Waals surface area contributed by atoms with E-state index in [4.69, 9.17) is 9.84 Å². The van der Waals surface area contributed by atoms with Gasteiger partial charge in [-0.1, -0.05) is 0 Å². The number of aromatic carboxylic acids is 1. The fourth-order valence-corrected chi connectivity index (χ4v) is 2.37. The maximum absolute atomic E-state index is 11.0. The Bertz CT molecular complexity index is 437. The molecule has 94 valence electrons.